The summed E-state index contributed by atoms with van der Waals surface area (Å²) >= 11 is 0. The van der Waals surface area contributed by atoms with Crippen molar-refractivity contribution >= 4 is 11.9 Å². The normalized spacial score (nSPS) is 19.4. The average molecular weight is 258 g/mol. The van der Waals surface area contributed by atoms with Gasteiger partial charge in [0.15, 0.2) is 0 Å². The minimum Gasteiger partial charge on any atom is -0.480 e. The molecule has 1 rings (SSSR count). The molecular formula is C12H22N2O4. The molecule has 0 amide bonds. The summed E-state index contributed by atoms with van der Waals surface area (Å²) in [6.07, 6.45) is 1.02. The lowest BCUT2D eigenvalue weighted by Crippen LogP contribution is -2.52. The molecule has 0 aromatic heterocycles. The Balaban J connectivity index is 2.32. The highest BCUT2D eigenvalue weighted by Gasteiger charge is 2.27. The van der Waals surface area contributed by atoms with E-state index < -0.39 is 5.97 Å². The first kappa shape index (κ1) is 14.9. The zero-order valence-electron chi connectivity index (χ0n) is 11.1. The van der Waals surface area contributed by atoms with Crippen LogP contribution in [0.1, 0.15) is 19.8 Å². The molecule has 104 valence electrons. The number of rotatable bonds is 6. The Morgan fingerprint density at radius 3 is 2.33 bits per heavy atom. The molecule has 1 atom stereocenters. The Labute approximate surface area is 107 Å². The van der Waals surface area contributed by atoms with E-state index in [4.69, 9.17) is 5.11 Å². The maximum atomic E-state index is 11.0. The quantitative estimate of drug-likeness (QED) is 0.678. The van der Waals surface area contributed by atoms with Crippen LogP contribution in [0.4, 0.5) is 0 Å². The van der Waals surface area contributed by atoms with Crippen molar-refractivity contribution in [1.29, 1.82) is 0 Å². The molecule has 0 saturated carbocycles. The number of nitrogens with zero attached hydrogens (tertiary/aromatic N) is 2. The number of hydrogen-bond acceptors (Lipinski definition) is 5. The van der Waals surface area contributed by atoms with Crippen molar-refractivity contribution in [3.8, 4) is 0 Å². The van der Waals surface area contributed by atoms with Crippen molar-refractivity contribution in [2.24, 2.45) is 0 Å². The molecule has 0 bridgehead atoms. The molecule has 1 aliphatic heterocycles. The van der Waals surface area contributed by atoms with Gasteiger partial charge in [-0.15, -0.1) is 0 Å². The summed E-state index contributed by atoms with van der Waals surface area (Å²) in [5.74, 6) is -0.949. The molecule has 0 aromatic carbocycles. The van der Waals surface area contributed by atoms with E-state index in [0.717, 1.165) is 26.2 Å². The lowest BCUT2D eigenvalue weighted by molar-refractivity contribution is -0.144. The number of hydrogen-bond donors (Lipinski definition) is 1. The molecule has 6 nitrogen and oxygen atoms in total. The van der Waals surface area contributed by atoms with Crippen LogP contribution in [0.25, 0.3) is 0 Å². The minimum absolute atomic E-state index is 0.200. The molecule has 0 aromatic rings. The van der Waals surface area contributed by atoms with E-state index in [9.17, 15) is 9.59 Å². The highest BCUT2D eigenvalue weighted by molar-refractivity contribution is 5.73. The number of carbonyl (C=O) groups is 2. The van der Waals surface area contributed by atoms with E-state index in [-0.39, 0.29) is 12.0 Å². The topological polar surface area (TPSA) is 70.1 Å². The van der Waals surface area contributed by atoms with Crippen LogP contribution >= 0.6 is 0 Å². The lowest BCUT2D eigenvalue weighted by atomic mass is 10.1. The van der Waals surface area contributed by atoms with Crippen LogP contribution < -0.4 is 0 Å². The van der Waals surface area contributed by atoms with Crippen LogP contribution in [0.5, 0.6) is 0 Å². The Morgan fingerprint density at radius 1 is 1.28 bits per heavy atom. The van der Waals surface area contributed by atoms with Crippen molar-refractivity contribution in [2.45, 2.75) is 25.8 Å². The fraction of sp³-hybridized carbons (Fsp3) is 0.833. The second kappa shape index (κ2) is 7.33. The molecule has 1 fully saturated rings. The first-order valence-electron chi connectivity index (χ1n) is 6.34. The van der Waals surface area contributed by atoms with E-state index in [0.29, 0.717) is 19.4 Å². The van der Waals surface area contributed by atoms with Gasteiger partial charge in [-0.05, 0) is 6.42 Å². The second-order valence-corrected chi connectivity index (χ2v) is 4.47. The largest absolute Gasteiger partial charge is 0.480 e. The summed E-state index contributed by atoms with van der Waals surface area (Å²) in [5, 5.41) is 9.08. The molecule has 18 heavy (non-hydrogen) atoms. The molecule has 6 heteroatoms. The van der Waals surface area contributed by atoms with Crippen LogP contribution in [0.3, 0.4) is 0 Å². The van der Waals surface area contributed by atoms with Gasteiger partial charge < -0.3 is 14.7 Å². The van der Waals surface area contributed by atoms with E-state index in [1.165, 1.54) is 7.11 Å². The van der Waals surface area contributed by atoms with Gasteiger partial charge in [-0.1, -0.05) is 6.92 Å². The summed E-state index contributed by atoms with van der Waals surface area (Å²) in [5.41, 5.74) is 0. The van der Waals surface area contributed by atoms with Gasteiger partial charge in [0, 0.05) is 32.7 Å². The maximum Gasteiger partial charge on any atom is 0.320 e. The molecule has 1 heterocycles. The Kier molecular flexibility index (Phi) is 6.07. The van der Waals surface area contributed by atoms with Gasteiger partial charge in [-0.3, -0.25) is 14.5 Å². The number of carbonyl (C=O) groups excluding carboxylic acids is 1. The third kappa shape index (κ3) is 4.27. The van der Waals surface area contributed by atoms with Crippen molar-refractivity contribution in [3.63, 3.8) is 0 Å². The average Bonchev–Trinajstić information content (AvgIpc) is 2.37. The third-order valence-electron chi connectivity index (χ3n) is 3.38. The fourth-order valence-electron chi connectivity index (χ4n) is 2.24. The predicted octanol–water partition coefficient (Wildman–Crippen LogP) is 0.0303. The first-order chi connectivity index (χ1) is 8.58. The van der Waals surface area contributed by atoms with Crippen LogP contribution in [-0.4, -0.2) is 72.7 Å². The van der Waals surface area contributed by atoms with Gasteiger partial charge in [0.25, 0.3) is 0 Å². The van der Waals surface area contributed by atoms with Gasteiger partial charge in [-0.2, -0.15) is 0 Å². The molecular weight excluding hydrogens is 236 g/mol. The molecule has 1 saturated heterocycles. The van der Waals surface area contributed by atoms with Crippen molar-refractivity contribution in [3.05, 3.63) is 0 Å². The second-order valence-electron chi connectivity index (χ2n) is 4.47. The molecule has 1 N–H and O–H groups in total. The Morgan fingerprint density at radius 2 is 1.89 bits per heavy atom. The number of piperazine rings is 1. The summed E-state index contributed by atoms with van der Waals surface area (Å²) in [6, 6.07) is -0.382. The van der Waals surface area contributed by atoms with Gasteiger partial charge in [0.2, 0.25) is 0 Å². The van der Waals surface area contributed by atoms with Crippen molar-refractivity contribution < 1.29 is 19.4 Å². The van der Waals surface area contributed by atoms with Crippen LogP contribution in [0, 0.1) is 0 Å². The van der Waals surface area contributed by atoms with E-state index in [2.05, 4.69) is 9.64 Å². The van der Waals surface area contributed by atoms with Crippen molar-refractivity contribution in [1.82, 2.24) is 9.80 Å². The number of carboxylic acids is 1. The molecule has 0 spiro atoms. The van der Waals surface area contributed by atoms with E-state index in [1.807, 2.05) is 11.8 Å². The van der Waals surface area contributed by atoms with Gasteiger partial charge >= 0.3 is 11.9 Å². The number of ether oxygens (including phenoxy) is 1. The maximum absolute atomic E-state index is 11.0. The number of carboxylic acid groups (broad SMARTS) is 1. The zero-order chi connectivity index (χ0) is 13.5. The Bertz CT molecular complexity index is 288. The fourth-order valence-corrected chi connectivity index (χ4v) is 2.24. The van der Waals surface area contributed by atoms with Crippen LogP contribution in [0.2, 0.25) is 0 Å². The van der Waals surface area contributed by atoms with E-state index >= 15 is 0 Å². The van der Waals surface area contributed by atoms with Crippen LogP contribution in [0.15, 0.2) is 0 Å². The predicted molar refractivity (Wildman–Crippen MR) is 66.4 cm³/mol. The highest BCUT2D eigenvalue weighted by atomic mass is 16.5. The molecule has 0 aliphatic carbocycles. The zero-order valence-corrected chi connectivity index (χ0v) is 11.1. The lowest BCUT2D eigenvalue weighted by Gasteiger charge is -2.37. The SMILES string of the molecule is CCC(C(=O)O)N1CCN(CCC(=O)OC)CC1. The highest BCUT2D eigenvalue weighted by Crippen LogP contribution is 2.10. The van der Waals surface area contributed by atoms with Crippen LogP contribution in [-0.2, 0) is 14.3 Å². The third-order valence-corrected chi connectivity index (χ3v) is 3.38. The van der Waals surface area contributed by atoms with Gasteiger partial charge in [0.1, 0.15) is 6.04 Å². The number of methoxy groups -OCH3 is 1. The smallest absolute Gasteiger partial charge is 0.320 e. The summed E-state index contributed by atoms with van der Waals surface area (Å²) < 4.78 is 4.60. The van der Waals surface area contributed by atoms with Gasteiger partial charge in [-0.25, -0.2) is 0 Å². The molecule has 1 unspecified atom stereocenters. The number of esters is 1. The standard InChI is InChI=1S/C12H22N2O4/c1-3-10(12(16)17)14-8-6-13(7-9-14)5-4-11(15)18-2/h10H,3-9H2,1-2H3,(H,16,17). The van der Waals surface area contributed by atoms with E-state index in [1.54, 1.807) is 0 Å². The summed E-state index contributed by atoms with van der Waals surface area (Å²) in [6.45, 7) is 5.67. The molecule has 1 aliphatic rings. The van der Waals surface area contributed by atoms with Gasteiger partial charge in [0.05, 0.1) is 13.5 Å². The number of aliphatic carboxylic acids is 1. The Hall–Kier alpha value is -1.14. The first-order valence-corrected chi connectivity index (χ1v) is 6.34. The monoisotopic (exact) mass is 258 g/mol. The van der Waals surface area contributed by atoms with Crippen molar-refractivity contribution in [2.75, 3.05) is 39.8 Å². The summed E-state index contributed by atoms with van der Waals surface area (Å²) in [7, 11) is 1.39. The molecule has 0 radical (unpaired) electrons. The minimum atomic E-state index is -0.750. The summed E-state index contributed by atoms with van der Waals surface area (Å²) in [4.78, 5) is 26.2.